The van der Waals surface area contributed by atoms with Crippen molar-refractivity contribution >= 4 is 29.3 Å². The Kier molecular flexibility index (Phi) is 7.16. The van der Waals surface area contributed by atoms with E-state index in [1.165, 1.54) is 5.56 Å². The van der Waals surface area contributed by atoms with Crippen molar-refractivity contribution in [2.75, 3.05) is 12.3 Å². The third-order valence-electron chi connectivity index (χ3n) is 2.45. The lowest BCUT2D eigenvalue weighted by Crippen LogP contribution is -2.43. The summed E-state index contributed by atoms with van der Waals surface area (Å²) in [7, 11) is 0. The van der Waals surface area contributed by atoms with Gasteiger partial charge in [0.05, 0.1) is 6.04 Å². The molecule has 5 heteroatoms. The van der Waals surface area contributed by atoms with Crippen LogP contribution in [0.15, 0.2) is 24.3 Å². The van der Waals surface area contributed by atoms with Gasteiger partial charge in [-0.3, -0.25) is 4.79 Å². The number of benzene rings is 1. The number of primary amides is 1. The minimum Gasteiger partial charge on any atom is -0.368 e. The number of amides is 1. The second-order valence-electron chi connectivity index (χ2n) is 4.05. The lowest BCUT2D eigenvalue weighted by atomic mass is 10.2. The average Bonchev–Trinajstić information content (AvgIpc) is 2.35. The molecular weight excluding hydrogens is 268 g/mol. The smallest absolute Gasteiger partial charge is 0.235 e. The molecule has 0 aliphatic heterocycles. The number of rotatable bonds is 8. The maximum Gasteiger partial charge on any atom is 0.235 e. The molecule has 100 valence electrons. The molecule has 1 atom stereocenters. The fourth-order valence-electron chi connectivity index (χ4n) is 1.44. The van der Waals surface area contributed by atoms with E-state index < -0.39 is 0 Å². The lowest BCUT2D eigenvalue weighted by molar-refractivity contribution is -0.119. The fourth-order valence-corrected chi connectivity index (χ4v) is 2.63. The predicted octanol–water partition coefficient (Wildman–Crippen LogP) is 2.43. The molecule has 0 saturated heterocycles. The fraction of sp³-hybridized carbons (Fsp3) is 0.462. The van der Waals surface area contributed by atoms with Crippen LogP contribution in [-0.2, 0) is 10.5 Å². The van der Waals surface area contributed by atoms with E-state index in [-0.39, 0.29) is 11.9 Å². The molecule has 1 amide bonds. The normalized spacial score (nSPS) is 12.3. The number of carbonyl (C=O) groups excluding carboxylic acids is 1. The van der Waals surface area contributed by atoms with Crippen molar-refractivity contribution in [2.45, 2.75) is 25.1 Å². The van der Waals surface area contributed by atoms with Crippen LogP contribution in [0.3, 0.4) is 0 Å². The van der Waals surface area contributed by atoms with Gasteiger partial charge in [0.2, 0.25) is 5.91 Å². The Hall–Kier alpha value is -0.710. The van der Waals surface area contributed by atoms with E-state index in [2.05, 4.69) is 12.2 Å². The Morgan fingerprint density at radius 3 is 2.67 bits per heavy atom. The van der Waals surface area contributed by atoms with Crippen LogP contribution in [0, 0.1) is 0 Å². The van der Waals surface area contributed by atoms with Crippen LogP contribution >= 0.6 is 23.4 Å². The number of nitrogens with one attached hydrogen (secondary N) is 1. The summed E-state index contributed by atoms with van der Waals surface area (Å²) in [4.78, 5) is 11.2. The van der Waals surface area contributed by atoms with Gasteiger partial charge in [0, 0.05) is 16.5 Å². The van der Waals surface area contributed by atoms with Crippen molar-refractivity contribution in [1.29, 1.82) is 0 Å². The first-order valence-corrected chi connectivity index (χ1v) is 7.51. The Labute approximate surface area is 117 Å². The number of hydrogen-bond donors (Lipinski definition) is 2. The van der Waals surface area contributed by atoms with Crippen LogP contribution in [0.2, 0.25) is 5.02 Å². The molecule has 3 nitrogen and oxygen atoms in total. The molecule has 1 rings (SSSR count). The van der Waals surface area contributed by atoms with Crippen molar-refractivity contribution in [3.63, 3.8) is 0 Å². The molecular formula is C13H19ClN2OS. The number of halogens is 1. The summed E-state index contributed by atoms with van der Waals surface area (Å²) >= 11 is 7.51. The van der Waals surface area contributed by atoms with Crippen LogP contribution in [0.25, 0.3) is 0 Å². The summed E-state index contributed by atoms with van der Waals surface area (Å²) in [5.41, 5.74) is 6.54. The maximum absolute atomic E-state index is 11.2. The van der Waals surface area contributed by atoms with Gasteiger partial charge in [0.1, 0.15) is 0 Å². The van der Waals surface area contributed by atoms with E-state index in [1.54, 1.807) is 11.8 Å². The van der Waals surface area contributed by atoms with Gasteiger partial charge in [0.25, 0.3) is 0 Å². The SMILES string of the molecule is CCCNC(CSCc1ccc(Cl)cc1)C(N)=O. The van der Waals surface area contributed by atoms with E-state index in [9.17, 15) is 4.79 Å². The molecule has 0 aromatic heterocycles. The van der Waals surface area contributed by atoms with Gasteiger partial charge in [-0.25, -0.2) is 0 Å². The first kappa shape index (κ1) is 15.3. The monoisotopic (exact) mass is 286 g/mol. The number of carbonyl (C=O) groups is 1. The van der Waals surface area contributed by atoms with Crippen LogP contribution in [0.5, 0.6) is 0 Å². The van der Waals surface area contributed by atoms with Crippen molar-refractivity contribution in [3.8, 4) is 0 Å². The summed E-state index contributed by atoms with van der Waals surface area (Å²) in [6.45, 7) is 2.88. The third-order valence-corrected chi connectivity index (χ3v) is 3.81. The Balaban J connectivity index is 2.34. The molecule has 1 unspecified atom stereocenters. The van der Waals surface area contributed by atoms with Gasteiger partial charge >= 0.3 is 0 Å². The molecule has 0 radical (unpaired) electrons. The highest BCUT2D eigenvalue weighted by atomic mass is 35.5. The first-order valence-electron chi connectivity index (χ1n) is 5.98. The van der Waals surface area contributed by atoms with Crippen molar-refractivity contribution in [3.05, 3.63) is 34.9 Å². The third kappa shape index (κ3) is 5.76. The summed E-state index contributed by atoms with van der Waals surface area (Å²) in [6.07, 6.45) is 0.992. The molecule has 0 bridgehead atoms. The van der Waals surface area contributed by atoms with E-state index in [4.69, 9.17) is 17.3 Å². The van der Waals surface area contributed by atoms with Crippen LogP contribution in [0.1, 0.15) is 18.9 Å². The van der Waals surface area contributed by atoms with Crippen molar-refractivity contribution in [2.24, 2.45) is 5.73 Å². The second-order valence-corrected chi connectivity index (χ2v) is 5.52. The van der Waals surface area contributed by atoms with E-state index >= 15 is 0 Å². The van der Waals surface area contributed by atoms with Gasteiger partial charge in [-0.1, -0.05) is 30.7 Å². The van der Waals surface area contributed by atoms with E-state index in [0.29, 0.717) is 5.75 Å². The first-order chi connectivity index (χ1) is 8.63. The quantitative estimate of drug-likeness (QED) is 0.772. The maximum atomic E-state index is 11.2. The predicted molar refractivity (Wildman–Crippen MR) is 78.9 cm³/mol. The van der Waals surface area contributed by atoms with Crippen molar-refractivity contribution < 1.29 is 4.79 Å². The molecule has 1 aromatic carbocycles. The second kappa shape index (κ2) is 8.40. The topological polar surface area (TPSA) is 55.1 Å². The van der Waals surface area contributed by atoms with Crippen LogP contribution < -0.4 is 11.1 Å². The number of hydrogen-bond acceptors (Lipinski definition) is 3. The molecule has 0 aliphatic carbocycles. The Bertz CT molecular complexity index is 370. The van der Waals surface area contributed by atoms with Gasteiger partial charge < -0.3 is 11.1 Å². The Morgan fingerprint density at radius 1 is 1.44 bits per heavy atom. The molecule has 0 heterocycles. The zero-order valence-corrected chi connectivity index (χ0v) is 12.1. The van der Waals surface area contributed by atoms with Gasteiger partial charge in [-0.05, 0) is 30.7 Å². The molecule has 0 fully saturated rings. The summed E-state index contributed by atoms with van der Waals surface area (Å²) in [5.74, 6) is 1.26. The molecule has 0 saturated carbocycles. The molecule has 18 heavy (non-hydrogen) atoms. The Morgan fingerprint density at radius 2 is 2.11 bits per heavy atom. The summed E-state index contributed by atoms with van der Waals surface area (Å²) < 4.78 is 0. The minimum atomic E-state index is -0.285. The molecule has 0 spiro atoms. The summed E-state index contributed by atoms with van der Waals surface area (Å²) in [5, 5.41) is 3.89. The van der Waals surface area contributed by atoms with Gasteiger partial charge in [0.15, 0.2) is 0 Å². The highest BCUT2D eigenvalue weighted by Crippen LogP contribution is 2.16. The van der Waals surface area contributed by atoms with Gasteiger partial charge in [-0.15, -0.1) is 0 Å². The van der Waals surface area contributed by atoms with Crippen LogP contribution in [0.4, 0.5) is 0 Å². The van der Waals surface area contributed by atoms with E-state index in [1.807, 2.05) is 24.3 Å². The van der Waals surface area contributed by atoms with Gasteiger partial charge in [-0.2, -0.15) is 11.8 Å². The average molecular weight is 287 g/mol. The van der Waals surface area contributed by atoms with Crippen LogP contribution in [-0.4, -0.2) is 24.2 Å². The lowest BCUT2D eigenvalue weighted by Gasteiger charge is -2.14. The molecule has 3 N–H and O–H groups in total. The standard InChI is InChI=1S/C13H19ClN2OS/c1-2-7-16-12(13(15)17)9-18-8-10-3-5-11(14)6-4-10/h3-6,12,16H,2,7-9H2,1H3,(H2,15,17). The zero-order valence-electron chi connectivity index (χ0n) is 10.5. The highest BCUT2D eigenvalue weighted by Gasteiger charge is 2.13. The van der Waals surface area contributed by atoms with E-state index in [0.717, 1.165) is 23.7 Å². The zero-order chi connectivity index (χ0) is 13.4. The molecule has 1 aromatic rings. The molecule has 0 aliphatic rings. The number of nitrogens with two attached hydrogens (primary N) is 1. The highest BCUT2D eigenvalue weighted by molar-refractivity contribution is 7.98. The number of thioether (sulfide) groups is 1. The largest absolute Gasteiger partial charge is 0.368 e. The summed E-state index contributed by atoms with van der Waals surface area (Å²) in [6, 6.07) is 7.49. The minimum absolute atomic E-state index is 0.248. The van der Waals surface area contributed by atoms with Crippen molar-refractivity contribution in [1.82, 2.24) is 5.32 Å².